The van der Waals surface area contributed by atoms with Crippen molar-refractivity contribution < 1.29 is 22.7 Å². The molecule has 0 saturated carbocycles. The van der Waals surface area contributed by atoms with Gasteiger partial charge < -0.3 is 14.8 Å². The van der Waals surface area contributed by atoms with Crippen molar-refractivity contribution in [1.82, 2.24) is 4.98 Å². The summed E-state index contributed by atoms with van der Waals surface area (Å²) in [6.45, 7) is 1.03. The van der Waals surface area contributed by atoms with Crippen LogP contribution >= 0.6 is 11.3 Å². The number of hydrogen-bond acceptors (Lipinski definition) is 7. The number of fused-ring (bicyclic) bond motifs is 1. The highest BCUT2D eigenvalue weighted by Gasteiger charge is 2.17. The number of aromatic nitrogens is 1. The lowest BCUT2D eigenvalue weighted by Crippen LogP contribution is -2.17. The van der Waals surface area contributed by atoms with E-state index in [1.54, 1.807) is 18.2 Å². The molecule has 0 saturated heterocycles. The third-order valence-corrected chi connectivity index (χ3v) is 6.78. The number of hydrogen-bond donors (Lipinski definition) is 1. The van der Waals surface area contributed by atoms with Crippen LogP contribution in [0.5, 0.6) is 11.5 Å². The largest absolute Gasteiger partial charge is 0.486 e. The standard InChI is InChI=1S/C20H18N2O5S2/c23-19(8-11-29(24,25)15-4-2-1-3-5-15)22-20-21-16(13-28-20)14-6-7-17-18(12-14)27-10-9-26-17/h1-7,12-13H,8-11H2,(H,21,22,23). The number of rotatable bonds is 6. The van der Waals surface area contributed by atoms with E-state index in [0.29, 0.717) is 35.5 Å². The van der Waals surface area contributed by atoms with Crippen LogP contribution in [-0.4, -0.2) is 38.3 Å². The van der Waals surface area contributed by atoms with Gasteiger partial charge in [0.05, 0.1) is 16.3 Å². The first-order valence-electron chi connectivity index (χ1n) is 8.94. The number of carbonyl (C=O) groups excluding carboxylic acids is 1. The van der Waals surface area contributed by atoms with Crippen LogP contribution in [0.15, 0.2) is 58.8 Å². The van der Waals surface area contributed by atoms with Crippen molar-refractivity contribution in [2.24, 2.45) is 0 Å². The fourth-order valence-corrected chi connectivity index (χ4v) is 4.82. The monoisotopic (exact) mass is 430 g/mol. The molecule has 2 aromatic carbocycles. The van der Waals surface area contributed by atoms with Gasteiger partial charge in [0.15, 0.2) is 26.5 Å². The quantitative estimate of drug-likeness (QED) is 0.644. The van der Waals surface area contributed by atoms with Crippen LogP contribution in [0.4, 0.5) is 5.13 Å². The highest BCUT2D eigenvalue weighted by Crippen LogP contribution is 2.35. The van der Waals surface area contributed by atoms with E-state index in [-0.39, 0.29) is 17.1 Å². The molecule has 0 atom stereocenters. The molecule has 1 aliphatic heterocycles. The minimum atomic E-state index is -3.50. The first kappa shape index (κ1) is 19.4. The average molecular weight is 431 g/mol. The summed E-state index contributed by atoms with van der Waals surface area (Å²) >= 11 is 1.28. The molecule has 29 heavy (non-hydrogen) atoms. The van der Waals surface area contributed by atoms with Gasteiger partial charge in [0.25, 0.3) is 0 Å². The van der Waals surface area contributed by atoms with Crippen molar-refractivity contribution in [3.63, 3.8) is 0 Å². The van der Waals surface area contributed by atoms with E-state index in [1.165, 1.54) is 23.5 Å². The molecular weight excluding hydrogens is 412 g/mol. The summed E-state index contributed by atoms with van der Waals surface area (Å²) in [6, 6.07) is 13.6. The lowest BCUT2D eigenvalue weighted by molar-refractivity contribution is -0.115. The summed E-state index contributed by atoms with van der Waals surface area (Å²) < 4.78 is 35.7. The number of carbonyl (C=O) groups is 1. The van der Waals surface area contributed by atoms with Gasteiger partial charge in [-0.2, -0.15) is 0 Å². The molecule has 1 aromatic heterocycles. The zero-order valence-electron chi connectivity index (χ0n) is 15.3. The maximum absolute atomic E-state index is 12.3. The molecule has 9 heteroatoms. The van der Waals surface area contributed by atoms with Crippen LogP contribution in [0.1, 0.15) is 6.42 Å². The summed E-state index contributed by atoms with van der Waals surface area (Å²) in [7, 11) is -3.50. The van der Waals surface area contributed by atoms with Gasteiger partial charge in [-0.25, -0.2) is 13.4 Å². The Morgan fingerprint density at radius 1 is 1.07 bits per heavy atom. The Morgan fingerprint density at radius 2 is 1.83 bits per heavy atom. The van der Waals surface area contributed by atoms with Crippen molar-refractivity contribution in [2.75, 3.05) is 24.3 Å². The molecule has 0 radical (unpaired) electrons. The highest BCUT2D eigenvalue weighted by molar-refractivity contribution is 7.91. The SMILES string of the molecule is O=C(CCS(=O)(=O)c1ccccc1)Nc1nc(-c2ccc3c(c2)OCCO3)cs1. The molecule has 0 unspecified atom stereocenters. The summed E-state index contributed by atoms with van der Waals surface area (Å²) in [5.74, 6) is 0.706. The van der Waals surface area contributed by atoms with Gasteiger partial charge in [-0.1, -0.05) is 18.2 Å². The Bertz CT molecular complexity index is 1130. The maximum Gasteiger partial charge on any atom is 0.227 e. The van der Waals surface area contributed by atoms with Crippen molar-refractivity contribution in [3.8, 4) is 22.8 Å². The summed E-state index contributed by atoms with van der Waals surface area (Å²) in [6.07, 6.45) is -0.143. The Labute approximate surface area is 172 Å². The molecule has 1 aliphatic rings. The predicted octanol–water partition coefficient (Wildman–Crippen LogP) is 3.38. The smallest absolute Gasteiger partial charge is 0.227 e. The van der Waals surface area contributed by atoms with Crippen LogP contribution < -0.4 is 14.8 Å². The Hall–Kier alpha value is -2.91. The first-order chi connectivity index (χ1) is 14.0. The zero-order chi connectivity index (χ0) is 20.3. The Balaban J connectivity index is 1.38. The number of sulfone groups is 1. The average Bonchev–Trinajstić information content (AvgIpc) is 3.21. The third-order valence-electron chi connectivity index (χ3n) is 4.29. The molecule has 150 valence electrons. The molecule has 0 spiro atoms. The van der Waals surface area contributed by atoms with E-state index in [4.69, 9.17) is 9.47 Å². The van der Waals surface area contributed by atoms with Gasteiger partial charge in [0, 0.05) is 17.4 Å². The normalized spacial score (nSPS) is 13.1. The van der Waals surface area contributed by atoms with Gasteiger partial charge in [-0.15, -0.1) is 11.3 Å². The van der Waals surface area contributed by atoms with E-state index < -0.39 is 15.7 Å². The van der Waals surface area contributed by atoms with E-state index in [0.717, 1.165) is 5.56 Å². The van der Waals surface area contributed by atoms with E-state index in [9.17, 15) is 13.2 Å². The molecule has 1 N–H and O–H groups in total. The number of benzene rings is 2. The Morgan fingerprint density at radius 3 is 2.62 bits per heavy atom. The molecule has 0 bridgehead atoms. The van der Waals surface area contributed by atoms with Crippen molar-refractivity contribution in [1.29, 1.82) is 0 Å². The fraction of sp³-hybridized carbons (Fsp3) is 0.200. The van der Waals surface area contributed by atoms with E-state index in [2.05, 4.69) is 10.3 Å². The molecule has 2 heterocycles. The van der Waals surface area contributed by atoms with Gasteiger partial charge in [0.2, 0.25) is 5.91 Å². The van der Waals surface area contributed by atoms with E-state index in [1.807, 2.05) is 23.6 Å². The highest BCUT2D eigenvalue weighted by atomic mass is 32.2. The van der Waals surface area contributed by atoms with Gasteiger partial charge >= 0.3 is 0 Å². The third kappa shape index (κ3) is 4.57. The van der Waals surface area contributed by atoms with Gasteiger partial charge in [-0.05, 0) is 30.3 Å². The first-order valence-corrected chi connectivity index (χ1v) is 11.5. The summed E-state index contributed by atoms with van der Waals surface area (Å²) in [5.41, 5.74) is 1.54. The molecule has 7 nitrogen and oxygen atoms in total. The van der Waals surface area contributed by atoms with Crippen LogP contribution in [-0.2, 0) is 14.6 Å². The number of nitrogens with zero attached hydrogens (tertiary/aromatic N) is 1. The number of ether oxygens (including phenoxy) is 2. The van der Waals surface area contributed by atoms with Gasteiger partial charge in [0.1, 0.15) is 13.2 Å². The lowest BCUT2D eigenvalue weighted by atomic mass is 10.1. The van der Waals surface area contributed by atoms with Crippen molar-refractivity contribution in [2.45, 2.75) is 11.3 Å². The lowest BCUT2D eigenvalue weighted by Gasteiger charge is -2.18. The predicted molar refractivity (Wildman–Crippen MR) is 110 cm³/mol. The second-order valence-electron chi connectivity index (χ2n) is 6.33. The van der Waals surface area contributed by atoms with E-state index >= 15 is 0 Å². The van der Waals surface area contributed by atoms with Crippen LogP contribution in [0.25, 0.3) is 11.3 Å². The molecule has 1 amide bonds. The Kier molecular flexibility index (Phi) is 5.50. The van der Waals surface area contributed by atoms with Crippen LogP contribution in [0.2, 0.25) is 0 Å². The molecule has 4 rings (SSSR count). The molecule has 0 aliphatic carbocycles. The van der Waals surface area contributed by atoms with Crippen molar-refractivity contribution >= 4 is 32.2 Å². The maximum atomic E-state index is 12.3. The summed E-state index contributed by atoms with van der Waals surface area (Å²) in [4.78, 5) is 16.8. The number of thiazole rings is 1. The number of nitrogens with one attached hydrogen (secondary N) is 1. The second kappa shape index (κ2) is 8.22. The fourth-order valence-electron chi connectivity index (χ4n) is 2.82. The second-order valence-corrected chi connectivity index (χ2v) is 9.29. The summed E-state index contributed by atoms with van der Waals surface area (Å²) in [5, 5.41) is 4.90. The van der Waals surface area contributed by atoms with Crippen molar-refractivity contribution in [3.05, 3.63) is 53.9 Å². The number of anilines is 1. The topological polar surface area (TPSA) is 94.6 Å². The zero-order valence-corrected chi connectivity index (χ0v) is 17.0. The van der Waals surface area contributed by atoms with Gasteiger partial charge in [-0.3, -0.25) is 4.79 Å². The number of amides is 1. The molecular formula is C20H18N2O5S2. The van der Waals surface area contributed by atoms with Crippen LogP contribution in [0, 0.1) is 0 Å². The van der Waals surface area contributed by atoms with Crippen LogP contribution in [0.3, 0.4) is 0 Å². The minimum Gasteiger partial charge on any atom is -0.486 e. The molecule has 3 aromatic rings. The minimum absolute atomic E-state index is 0.143. The molecule has 0 fully saturated rings.